The maximum atomic E-state index is 4.16. The fourth-order valence-corrected chi connectivity index (χ4v) is 4.71. The Morgan fingerprint density at radius 1 is 0.889 bits per heavy atom. The Morgan fingerprint density at radius 2 is 1.44 bits per heavy atom. The van der Waals surface area contributed by atoms with Gasteiger partial charge in [-0.3, -0.25) is 0 Å². The third-order valence-corrected chi connectivity index (χ3v) is 7.76. The van der Waals surface area contributed by atoms with Crippen LogP contribution in [0.15, 0.2) is 72.4 Å². The summed E-state index contributed by atoms with van der Waals surface area (Å²) in [5, 5.41) is 0. The molecule has 1 radical (unpaired) electrons. The van der Waals surface area contributed by atoms with Gasteiger partial charge in [0.15, 0.2) is 0 Å². The smallest absolute Gasteiger partial charge is 0.00506 e. The summed E-state index contributed by atoms with van der Waals surface area (Å²) in [7, 11) is 0. The van der Waals surface area contributed by atoms with E-state index in [0.717, 1.165) is 41.9 Å². The number of rotatable bonds is 9. The van der Waals surface area contributed by atoms with Gasteiger partial charge in [0.25, 0.3) is 0 Å². The first kappa shape index (κ1) is 34.4. The van der Waals surface area contributed by atoms with Crippen LogP contribution >= 0.6 is 0 Å². The van der Waals surface area contributed by atoms with Crippen LogP contribution in [0.25, 0.3) is 0 Å². The van der Waals surface area contributed by atoms with Crippen molar-refractivity contribution >= 4 is 0 Å². The Morgan fingerprint density at radius 3 is 1.92 bits per heavy atom. The highest BCUT2D eigenvalue weighted by molar-refractivity contribution is 5.26. The highest BCUT2D eigenvalue weighted by Crippen LogP contribution is 2.42. The maximum Gasteiger partial charge on any atom is 0.00506 e. The maximum absolute atomic E-state index is 4.16. The average molecular weight is 494 g/mol. The molecule has 205 valence electrons. The fourth-order valence-electron chi connectivity index (χ4n) is 4.71. The minimum Gasteiger partial charge on any atom is -0.0999 e. The van der Waals surface area contributed by atoms with E-state index >= 15 is 0 Å². The molecule has 0 aromatic carbocycles. The third-order valence-electron chi connectivity index (χ3n) is 7.76. The van der Waals surface area contributed by atoms with Crippen molar-refractivity contribution in [3.8, 4) is 0 Å². The van der Waals surface area contributed by atoms with Gasteiger partial charge in [0.2, 0.25) is 0 Å². The second-order valence-corrected chi connectivity index (χ2v) is 11.1. The minimum atomic E-state index is 0.719. The SMILES string of the molecule is C=C(CC)CC1CC(CCC2=CC(C)C(C(C)CC)C=C2)C1.CC.CCC(C)C.[CH]1C=CC=CC=C1. The number of allylic oxidation sites excluding steroid dienone is 11. The summed E-state index contributed by atoms with van der Waals surface area (Å²) < 4.78 is 0. The number of hydrogen-bond donors (Lipinski definition) is 0. The molecular weight excluding hydrogens is 432 g/mol. The summed E-state index contributed by atoms with van der Waals surface area (Å²) >= 11 is 0. The summed E-state index contributed by atoms with van der Waals surface area (Å²) in [5.41, 5.74) is 3.04. The summed E-state index contributed by atoms with van der Waals surface area (Å²) in [6, 6.07) is 0. The molecule has 0 bridgehead atoms. The van der Waals surface area contributed by atoms with Crippen LogP contribution in [0.1, 0.15) is 114 Å². The lowest BCUT2D eigenvalue weighted by Crippen LogP contribution is -2.24. The van der Waals surface area contributed by atoms with Crippen molar-refractivity contribution in [1.29, 1.82) is 0 Å². The molecule has 3 atom stereocenters. The fraction of sp³-hybridized carbons (Fsp3) is 0.639. The normalized spacial score (nSPS) is 24.6. The van der Waals surface area contributed by atoms with E-state index in [1.165, 1.54) is 50.5 Å². The van der Waals surface area contributed by atoms with Crippen molar-refractivity contribution in [1.82, 2.24) is 0 Å². The molecule has 0 heteroatoms. The molecule has 3 aliphatic rings. The molecule has 36 heavy (non-hydrogen) atoms. The van der Waals surface area contributed by atoms with Crippen LogP contribution in [0.2, 0.25) is 0 Å². The van der Waals surface area contributed by atoms with Crippen LogP contribution in [0.4, 0.5) is 0 Å². The van der Waals surface area contributed by atoms with E-state index in [2.05, 4.69) is 73.3 Å². The van der Waals surface area contributed by atoms with E-state index in [1.807, 2.05) is 56.7 Å². The average Bonchev–Trinajstić information content (AvgIpc) is 3.20. The Hall–Kier alpha value is -1.56. The molecule has 0 aliphatic heterocycles. The second-order valence-electron chi connectivity index (χ2n) is 11.1. The Balaban J connectivity index is 0.000000715. The third kappa shape index (κ3) is 15.5. The van der Waals surface area contributed by atoms with Gasteiger partial charge >= 0.3 is 0 Å². The first-order valence-corrected chi connectivity index (χ1v) is 15.2. The van der Waals surface area contributed by atoms with Gasteiger partial charge in [-0.25, -0.2) is 0 Å². The lowest BCUT2D eigenvalue weighted by Gasteiger charge is -2.36. The quantitative estimate of drug-likeness (QED) is 0.280. The summed E-state index contributed by atoms with van der Waals surface area (Å²) in [6.45, 7) is 24.1. The van der Waals surface area contributed by atoms with Crippen LogP contribution in [-0.4, -0.2) is 0 Å². The highest BCUT2D eigenvalue weighted by atomic mass is 14.3. The van der Waals surface area contributed by atoms with Gasteiger partial charge in [-0.05, 0) is 74.0 Å². The van der Waals surface area contributed by atoms with E-state index in [4.69, 9.17) is 0 Å². The zero-order valence-corrected chi connectivity index (χ0v) is 25.6. The zero-order valence-electron chi connectivity index (χ0n) is 25.6. The molecule has 0 saturated heterocycles. The molecule has 3 aliphatic carbocycles. The van der Waals surface area contributed by atoms with Crippen molar-refractivity contribution in [2.45, 2.75) is 114 Å². The van der Waals surface area contributed by atoms with Crippen LogP contribution in [0.3, 0.4) is 0 Å². The first-order valence-electron chi connectivity index (χ1n) is 15.2. The molecule has 0 N–H and O–H groups in total. The van der Waals surface area contributed by atoms with E-state index in [-0.39, 0.29) is 0 Å². The second kappa shape index (κ2) is 21.5. The topological polar surface area (TPSA) is 0 Å². The molecule has 0 spiro atoms. The lowest BCUT2D eigenvalue weighted by molar-refractivity contribution is 0.180. The van der Waals surface area contributed by atoms with Gasteiger partial charge in [-0.1, -0.05) is 148 Å². The molecule has 3 rings (SSSR count). The van der Waals surface area contributed by atoms with Gasteiger partial charge in [-0.15, -0.1) is 0 Å². The van der Waals surface area contributed by atoms with Gasteiger partial charge in [-0.2, -0.15) is 0 Å². The summed E-state index contributed by atoms with van der Waals surface area (Å²) in [4.78, 5) is 0. The minimum absolute atomic E-state index is 0.719. The van der Waals surface area contributed by atoms with Crippen LogP contribution in [0, 0.1) is 41.9 Å². The Labute approximate surface area is 227 Å². The molecule has 0 aromatic rings. The lowest BCUT2D eigenvalue weighted by atomic mass is 9.69. The van der Waals surface area contributed by atoms with Crippen molar-refractivity contribution in [3.63, 3.8) is 0 Å². The monoisotopic (exact) mass is 493 g/mol. The van der Waals surface area contributed by atoms with Crippen LogP contribution in [-0.2, 0) is 0 Å². The van der Waals surface area contributed by atoms with Crippen LogP contribution < -0.4 is 0 Å². The number of hydrogen-bond acceptors (Lipinski definition) is 0. The predicted octanol–water partition coefficient (Wildman–Crippen LogP) is 11.9. The summed E-state index contributed by atoms with van der Waals surface area (Å²) in [6.07, 6.45) is 32.1. The molecule has 3 unspecified atom stereocenters. The first-order chi connectivity index (χ1) is 17.3. The largest absolute Gasteiger partial charge is 0.0999 e. The standard InChI is InChI=1S/C22H36.C7H7.C5H12.C2H6/c1-6-16(3)12-21-14-20(15-21)9-8-19-10-11-22(17(4)7-2)18(5)13-19;1-2-4-6-7-5-3-1;1-4-5(2)3;1-2/h10-11,13,17-18,20-22H,3,6-9,12,14-15H2,1-2,4-5H3;1-7H;5H,4H2,1-3H3;1-2H3. The Bertz CT molecular complexity index is 676. The van der Waals surface area contributed by atoms with Crippen molar-refractivity contribution < 1.29 is 0 Å². The van der Waals surface area contributed by atoms with E-state index in [1.54, 1.807) is 5.57 Å². The van der Waals surface area contributed by atoms with Gasteiger partial charge in [0, 0.05) is 6.42 Å². The summed E-state index contributed by atoms with van der Waals surface area (Å²) in [5.74, 6) is 5.09. The highest BCUT2D eigenvalue weighted by Gasteiger charge is 2.29. The molecule has 0 aromatic heterocycles. The molecule has 0 heterocycles. The van der Waals surface area contributed by atoms with Crippen LogP contribution in [0.5, 0.6) is 0 Å². The van der Waals surface area contributed by atoms with Crippen molar-refractivity contribution in [2.75, 3.05) is 0 Å². The van der Waals surface area contributed by atoms with Crippen molar-refractivity contribution in [2.24, 2.45) is 35.5 Å². The molecule has 0 nitrogen and oxygen atoms in total. The van der Waals surface area contributed by atoms with E-state index in [0.29, 0.717) is 0 Å². The molecule has 1 fully saturated rings. The molecular formula is C36H61. The zero-order chi connectivity index (χ0) is 27.3. The van der Waals surface area contributed by atoms with Crippen molar-refractivity contribution in [3.05, 3.63) is 78.8 Å². The molecule has 0 amide bonds. The Kier molecular flexibility index (Phi) is 20.6. The van der Waals surface area contributed by atoms with E-state index < -0.39 is 0 Å². The predicted molar refractivity (Wildman–Crippen MR) is 167 cm³/mol. The van der Waals surface area contributed by atoms with Gasteiger partial charge in [0.05, 0.1) is 0 Å². The van der Waals surface area contributed by atoms with Gasteiger partial charge < -0.3 is 0 Å². The van der Waals surface area contributed by atoms with Gasteiger partial charge in [0.1, 0.15) is 0 Å². The molecule has 1 saturated carbocycles. The van der Waals surface area contributed by atoms with E-state index in [9.17, 15) is 0 Å².